The van der Waals surface area contributed by atoms with Crippen LogP contribution in [0.25, 0.3) is 0 Å². The van der Waals surface area contributed by atoms with Gasteiger partial charge in [-0.15, -0.1) is 0 Å². The molecule has 31 heavy (non-hydrogen) atoms. The number of nitrogens with zero attached hydrogens (tertiary/aromatic N) is 1. The molecule has 168 valence electrons. The summed E-state index contributed by atoms with van der Waals surface area (Å²) < 4.78 is 0. The molecule has 2 heterocycles. The van der Waals surface area contributed by atoms with Crippen molar-refractivity contribution in [3.8, 4) is 0 Å². The number of rotatable bonds is 2. The molecule has 1 saturated heterocycles. The topological polar surface area (TPSA) is 82.0 Å². The molecule has 1 aromatic carbocycles. The van der Waals surface area contributed by atoms with Crippen LogP contribution in [0.5, 0.6) is 0 Å². The first-order chi connectivity index (χ1) is 14.7. The quantitative estimate of drug-likeness (QED) is 0.591. The van der Waals surface area contributed by atoms with Crippen molar-refractivity contribution in [3.63, 3.8) is 0 Å². The lowest BCUT2D eigenvalue weighted by atomic mass is 9.61. The molecule has 0 spiro atoms. The molecule has 3 N–H and O–H groups in total. The van der Waals surface area contributed by atoms with Gasteiger partial charge in [0.15, 0.2) is 6.23 Å². The van der Waals surface area contributed by atoms with E-state index in [1.165, 1.54) is 31.3 Å². The third kappa shape index (κ3) is 3.22. The number of halogens is 1. The van der Waals surface area contributed by atoms with Gasteiger partial charge in [-0.2, -0.15) is 0 Å². The van der Waals surface area contributed by atoms with E-state index in [0.29, 0.717) is 39.9 Å². The van der Waals surface area contributed by atoms with Crippen LogP contribution in [0, 0.1) is 17.8 Å². The summed E-state index contributed by atoms with van der Waals surface area (Å²) in [6.07, 6.45) is 6.66. The molecule has 2 aliphatic heterocycles. The first kappa shape index (κ1) is 21.3. The molecule has 5 rings (SSSR count). The Hall–Kier alpha value is -1.60. The van der Waals surface area contributed by atoms with E-state index in [9.17, 15) is 15.0 Å². The summed E-state index contributed by atoms with van der Waals surface area (Å²) in [6.45, 7) is 4.52. The number of carboxylic acids is 1. The molecule has 2 fully saturated rings. The molecule has 1 saturated carbocycles. The first-order valence-corrected chi connectivity index (χ1v) is 11.7. The van der Waals surface area contributed by atoms with Crippen molar-refractivity contribution in [3.05, 3.63) is 39.9 Å². The lowest BCUT2D eigenvalue weighted by Crippen LogP contribution is -2.51. The molecule has 0 amide bonds. The monoisotopic (exact) mass is 446 g/mol. The molecular weight excluding hydrogens is 416 g/mol. The molecule has 2 aliphatic carbocycles. The average Bonchev–Trinajstić information content (AvgIpc) is 3.07. The Morgan fingerprint density at radius 2 is 2.06 bits per heavy atom. The fourth-order valence-corrected chi connectivity index (χ4v) is 6.87. The number of anilines is 1. The number of allylic oxidation sites excluding steroid dienone is 2. The van der Waals surface area contributed by atoms with E-state index in [4.69, 9.17) is 16.4 Å². The molecule has 0 bridgehead atoms. The number of aliphatic hydroxyl groups is 1. The Morgan fingerprint density at radius 1 is 1.32 bits per heavy atom. The molecule has 7 heteroatoms. The van der Waals surface area contributed by atoms with E-state index in [1.807, 2.05) is 6.07 Å². The normalized spacial score (nSPS) is 39.4. The number of hydroxylamine groups is 1. The van der Waals surface area contributed by atoms with Gasteiger partial charge in [0.05, 0.1) is 10.7 Å². The van der Waals surface area contributed by atoms with Crippen LogP contribution in [0.15, 0.2) is 23.8 Å². The zero-order chi connectivity index (χ0) is 22.1. The zero-order valence-electron chi connectivity index (χ0n) is 18.3. The summed E-state index contributed by atoms with van der Waals surface area (Å²) in [5, 5.41) is 26.2. The standard InChI is InChI=1S/C24H31ClN2O4/c1-12-8-14-6-4-5-7-16(14)20(13(12)2)15-9-17-21(18(25)10-15)27(3)31-23-24(17,30)11-19(26-23)22(28)29/h8-10,13-14,16,19-20,23,26,30H,4-7,11H2,1-3H3,(H,28,29)/t13?,14?,16?,19-,20?,23+,24+/m0/s1. The number of carboxylic acid groups (broad SMARTS) is 1. The highest BCUT2D eigenvalue weighted by atomic mass is 35.5. The summed E-state index contributed by atoms with van der Waals surface area (Å²) in [5.41, 5.74) is 2.40. The number of nitrogens with one attached hydrogen (secondary N) is 1. The molecule has 4 unspecified atom stereocenters. The first-order valence-electron chi connectivity index (χ1n) is 11.3. The summed E-state index contributed by atoms with van der Waals surface area (Å²) in [6, 6.07) is 3.23. The fourth-order valence-electron chi connectivity index (χ4n) is 6.52. The average molecular weight is 447 g/mol. The second kappa shape index (κ2) is 7.48. The van der Waals surface area contributed by atoms with Crippen LogP contribution in [0.4, 0.5) is 5.69 Å². The molecule has 7 atom stereocenters. The van der Waals surface area contributed by atoms with Crippen molar-refractivity contribution < 1.29 is 19.8 Å². The van der Waals surface area contributed by atoms with Gasteiger partial charge in [0.25, 0.3) is 0 Å². The molecule has 0 aromatic heterocycles. The Morgan fingerprint density at radius 3 is 2.81 bits per heavy atom. The SMILES string of the molecule is CC1=CC2CCCCC2C(c2cc(Cl)c3c(c2)[C@]2(O)C[C@@H](C(=O)O)N[C@@H]2ON3C)C1C. The predicted octanol–water partition coefficient (Wildman–Crippen LogP) is 4.17. The Kier molecular flexibility index (Phi) is 5.13. The number of hydrogen-bond acceptors (Lipinski definition) is 5. The third-order valence-electron chi connectivity index (χ3n) is 8.19. The van der Waals surface area contributed by atoms with Gasteiger partial charge in [-0.05, 0) is 55.1 Å². The highest BCUT2D eigenvalue weighted by molar-refractivity contribution is 6.33. The number of fused-ring (bicyclic) bond motifs is 4. The van der Waals surface area contributed by atoms with Gasteiger partial charge in [-0.25, -0.2) is 0 Å². The molecule has 4 aliphatic rings. The lowest BCUT2D eigenvalue weighted by molar-refractivity contribution is -0.139. The van der Waals surface area contributed by atoms with Crippen LogP contribution in [-0.4, -0.2) is 35.5 Å². The van der Waals surface area contributed by atoms with Gasteiger partial charge in [0.2, 0.25) is 0 Å². The maximum absolute atomic E-state index is 11.7. The van der Waals surface area contributed by atoms with Crippen LogP contribution >= 0.6 is 11.6 Å². The molecule has 1 aromatic rings. The largest absolute Gasteiger partial charge is 0.480 e. The number of carbonyl (C=O) groups is 1. The zero-order valence-corrected chi connectivity index (χ0v) is 19.0. The second-order valence-electron chi connectivity index (χ2n) is 9.90. The second-order valence-corrected chi connectivity index (χ2v) is 10.3. The van der Waals surface area contributed by atoms with Gasteiger partial charge < -0.3 is 10.2 Å². The number of hydrogen-bond donors (Lipinski definition) is 3. The minimum atomic E-state index is -1.45. The van der Waals surface area contributed by atoms with Gasteiger partial charge >= 0.3 is 5.97 Å². The van der Waals surface area contributed by atoms with E-state index >= 15 is 0 Å². The predicted molar refractivity (Wildman–Crippen MR) is 119 cm³/mol. The van der Waals surface area contributed by atoms with Crippen molar-refractivity contribution in [1.82, 2.24) is 5.32 Å². The van der Waals surface area contributed by atoms with E-state index in [-0.39, 0.29) is 6.42 Å². The fraction of sp³-hybridized carbons (Fsp3) is 0.625. The van der Waals surface area contributed by atoms with E-state index in [2.05, 4.69) is 31.3 Å². The van der Waals surface area contributed by atoms with Crippen LogP contribution < -0.4 is 10.4 Å². The van der Waals surface area contributed by atoms with Gasteiger partial charge in [0.1, 0.15) is 11.6 Å². The number of aliphatic carboxylic acids is 1. The van der Waals surface area contributed by atoms with E-state index in [1.54, 1.807) is 12.1 Å². The van der Waals surface area contributed by atoms with Gasteiger partial charge in [0, 0.05) is 19.0 Å². The summed E-state index contributed by atoms with van der Waals surface area (Å²) >= 11 is 6.79. The summed E-state index contributed by atoms with van der Waals surface area (Å²) in [4.78, 5) is 17.4. The van der Waals surface area contributed by atoms with Crippen LogP contribution in [0.2, 0.25) is 5.02 Å². The smallest absolute Gasteiger partial charge is 0.320 e. The van der Waals surface area contributed by atoms with Crippen molar-refractivity contribution in [2.24, 2.45) is 17.8 Å². The third-order valence-corrected chi connectivity index (χ3v) is 8.47. The molecule has 6 nitrogen and oxygen atoms in total. The van der Waals surface area contributed by atoms with E-state index < -0.39 is 23.8 Å². The van der Waals surface area contributed by atoms with Crippen molar-refractivity contribution in [2.45, 2.75) is 69.7 Å². The van der Waals surface area contributed by atoms with Crippen molar-refractivity contribution in [1.29, 1.82) is 0 Å². The van der Waals surface area contributed by atoms with Crippen LogP contribution in [0.3, 0.4) is 0 Å². The lowest BCUT2D eigenvalue weighted by Gasteiger charge is -2.45. The van der Waals surface area contributed by atoms with Gasteiger partial charge in [-0.3, -0.25) is 20.0 Å². The highest BCUT2D eigenvalue weighted by Crippen LogP contribution is 2.54. The number of benzene rings is 1. The Balaban J connectivity index is 1.62. The van der Waals surface area contributed by atoms with E-state index in [0.717, 1.165) is 5.56 Å². The maximum Gasteiger partial charge on any atom is 0.320 e. The minimum absolute atomic E-state index is 0.0405. The van der Waals surface area contributed by atoms with Crippen molar-refractivity contribution >= 4 is 23.3 Å². The van der Waals surface area contributed by atoms with Crippen LogP contribution in [-0.2, 0) is 15.2 Å². The minimum Gasteiger partial charge on any atom is -0.480 e. The summed E-state index contributed by atoms with van der Waals surface area (Å²) in [5.74, 6) is 0.890. The van der Waals surface area contributed by atoms with Crippen molar-refractivity contribution in [2.75, 3.05) is 12.1 Å². The Labute approximate surface area is 188 Å². The van der Waals surface area contributed by atoms with Crippen LogP contribution in [0.1, 0.15) is 63.0 Å². The van der Waals surface area contributed by atoms with Gasteiger partial charge in [-0.1, -0.05) is 49.1 Å². The maximum atomic E-state index is 11.7. The molecular formula is C24H31ClN2O4. The summed E-state index contributed by atoms with van der Waals surface area (Å²) in [7, 11) is 1.74. The molecule has 0 radical (unpaired) electrons. The Bertz CT molecular complexity index is 950. The highest BCUT2D eigenvalue weighted by Gasteiger charge is 2.55.